The number of nitrogens with one attached hydrogen (secondary N) is 1. The first-order valence-corrected chi connectivity index (χ1v) is 6.75. The summed E-state index contributed by atoms with van der Waals surface area (Å²) in [5.41, 5.74) is 1.45. The molecular weight excluding hydrogens is 282 g/mol. The molecule has 1 unspecified atom stereocenters. The van der Waals surface area contributed by atoms with Gasteiger partial charge in [-0.05, 0) is 42.3 Å². The summed E-state index contributed by atoms with van der Waals surface area (Å²) in [4.78, 5) is 3.93. The molecule has 106 valence electrons. The Bertz CT molecular complexity index is 570. The number of pyridine rings is 1. The SMILES string of the molecule is CCNC(Cc1ccncc1Cl)c1cc(F)cc(F)c1. The molecule has 0 aliphatic carbocycles. The van der Waals surface area contributed by atoms with Crippen LogP contribution in [0.3, 0.4) is 0 Å². The number of benzene rings is 1. The van der Waals surface area contributed by atoms with Gasteiger partial charge in [0.25, 0.3) is 0 Å². The molecule has 20 heavy (non-hydrogen) atoms. The highest BCUT2D eigenvalue weighted by atomic mass is 35.5. The third kappa shape index (κ3) is 3.74. The van der Waals surface area contributed by atoms with Crippen LogP contribution in [0, 0.1) is 11.6 Å². The number of likely N-dealkylation sites (N-methyl/N-ethyl adjacent to an activating group) is 1. The maximum Gasteiger partial charge on any atom is 0.126 e. The molecule has 2 aromatic rings. The minimum atomic E-state index is -0.580. The van der Waals surface area contributed by atoms with E-state index in [4.69, 9.17) is 11.6 Å². The Labute approximate surface area is 121 Å². The van der Waals surface area contributed by atoms with Gasteiger partial charge in [-0.25, -0.2) is 8.78 Å². The van der Waals surface area contributed by atoms with Crippen LogP contribution in [0.25, 0.3) is 0 Å². The molecule has 2 rings (SSSR count). The molecule has 1 N–H and O–H groups in total. The van der Waals surface area contributed by atoms with Gasteiger partial charge in [0.2, 0.25) is 0 Å². The predicted molar refractivity (Wildman–Crippen MR) is 75.7 cm³/mol. The molecule has 1 atom stereocenters. The summed E-state index contributed by atoms with van der Waals surface area (Å²) in [5, 5.41) is 3.77. The van der Waals surface area contributed by atoms with Gasteiger partial charge in [-0.3, -0.25) is 4.98 Å². The zero-order valence-corrected chi connectivity index (χ0v) is 11.8. The van der Waals surface area contributed by atoms with Crippen molar-refractivity contribution >= 4 is 11.6 Å². The number of halogens is 3. The van der Waals surface area contributed by atoms with Crippen molar-refractivity contribution in [1.29, 1.82) is 0 Å². The number of nitrogens with zero attached hydrogens (tertiary/aromatic N) is 1. The van der Waals surface area contributed by atoms with E-state index in [1.54, 1.807) is 12.4 Å². The van der Waals surface area contributed by atoms with Gasteiger partial charge in [0.05, 0.1) is 5.02 Å². The van der Waals surface area contributed by atoms with E-state index in [0.717, 1.165) is 11.6 Å². The van der Waals surface area contributed by atoms with Crippen molar-refractivity contribution in [3.63, 3.8) is 0 Å². The average molecular weight is 297 g/mol. The van der Waals surface area contributed by atoms with Gasteiger partial charge in [0.1, 0.15) is 11.6 Å². The van der Waals surface area contributed by atoms with E-state index in [9.17, 15) is 8.78 Å². The van der Waals surface area contributed by atoms with Crippen LogP contribution in [-0.2, 0) is 6.42 Å². The fourth-order valence-electron chi connectivity index (χ4n) is 2.12. The standard InChI is InChI=1S/C15H15ClF2N2/c1-2-20-15(7-10-3-4-19-9-14(10)16)11-5-12(17)8-13(18)6-11/h3-6,8-9,15,20H,2,7H2,1H3. The first kappa shape index (κ1) is 14.9. The highest BCUT2D eigenvalue weighted by Crippen LogP contribution is 2.24. The van der Waals surface area contributed by atoms with E-state index in [-0.39, 0.29) is 6.04 Å². The zero-order chi connectivity index (χ0) is 14.5. The molecular formula is C15H15ClF2N2. The lowest BCUT2D eigenvalue weighted by molar-refractivity contribution is 0.529. The van der Waals surface area contributed by atoms with Gasteiger partial charge in [-0.2, -0.15) is 0 Å². The van der Waals surface area contributed by atoms with Crippen molar-refractivity contribution in [2.75, 3.05) is 6.54 Å². The second kappa shape index (κ2) is 6.77. The normalized spacial score (nSPS) is 12.4. The first-order valence-electron chi connectivity index (χ1n) is 6.38. The van der Waals surface area contributed by atoms with Crippen molar-refractivity contribution in [3.05, 3.63) is 64.4 Å². The molecule has 0 amide bonds. The van der Waals surface area contributed by atoms with Gasteiger partial charge in [-0.1, -0.05) is 18.5 Å². The Morgan fingerprint density at radius 1 is 1.25 bits per heavy atom. The number of rotatable bonds is 5. The van der Waals surface area contributed by atoms with Crippen molar-refractivity contribution in [1.82, 2.24) is 10.3 Å². The summed E-state index contributed by atoms with van der Waals surface area (Å²) < 4.78 is 26.7. The molecule has 0 radical (unpaired) electrons. The van der Waals surface area contributed by atoms with Crippen molar-refractivity contribution in [3.8, 4) is 0 Å². The van der Waals surface area contributed by atoms with E-state index in [0.29, 0.717) is 23.6 Å². The van der Waals surface area contributed by atoms with E-state index in [1.807, 2.05) is 13.0 Å². The fourth-order valence-corrected chi connectivity index (χ4v) is 2.32. The Hall–Kier alpha value is -1.52. The van der Waals surface area contributed by atoms with Gasteiger partial charge in [0.15, 0.2) is 0 Å². The summed E-state index contributed by atoms with van der Waals surface area (Å²) in [6, 6.07) is 5.15. The van der Waals surface area contributed by atoms with Crippen LogP contribution in [0.2, 0.25) is 5.02 Å². The molecule has 1 aromatic carbocycles. The summed E-state index contributed by atoms with van der Waals surface area (Å²) in [7, 11) is 0. The largest absolute Gasteiger partial charge is 0.310 e. The van der Waals surface area contributed by atoms with Crippen LogP contribution in [0.5, 0.6) is 0 Å². The molecule has 0 fully saturated rings. The molecule has 5 heteroatoms. The maximum absolute atomic E-state index is 13.3. The van der Waals surface area contributed by atoms with Crippen LogP contribution in [0.15, 0.2) is 36.7 Å². The molecule has 0 bridgehead atoms. The lowest BCUT2D eigenvalue weighted by Gasteiger charge is -2.19. The van der Waals surface area contributed by atoms with Crippen molar-refractivity contribution in [2.24, 2.45) is 0 Å². The Morgan fingerprint density at radius 2 is 1.95 bits per heavy atom. The van der Waals surface area contributed by atoms with Crippen molar-refractivity contribution < 1.29 is 8.78 Å². The van der Waals surface area contributed by atoms with E-state index in [2.05, 4.69) is 10.3 Å². The molecule has 0 saturated heterocycles. The van der Waals surface area contributed by atoms with Crippen LogP contribution in [0.1, 0.15) is 24.1 Å². The molecule has 1 heterocycles. The third-order valence-corrected chi connectivity index (χ3v) is 3.36. The third-order valence-electron chi connectivity index (χ3n) is 3.02. The lowest BCUT2D eigenvalue weighted by atomic mass is 9.99. The van der Waals surface area contributed by atoms with Crippen LogP contribution in [-0.4, -0.2) is 11.5 Å². The quantitative estimate of drug-likeness (QED) is 0.905. The molecule has 0 saturated carbocycles. The maximum atomic E-state index is 13.3. The van der Waals surface area contributed by atoms with Crippen LogP contribution < -0.4 is 5.32 Å². The van der Waals surface area contributed by atoms with Crippen LogP contribution >= 0.6 is 11.6 Å². The van der Waals surface area contributed by atoms with E-state index >= 15 is 0 Å². The van der Waals surface area contributed by atoms with Gasteiger partial charge in [0, 0.05) is 24.5 Å². The first-order chi connectivity index (χ1) is 9.60. The predicted octanol–water partition coefficient (Wildman–Crippen LogP) is 3.91. The second-order valence-electron chi connectivity index (χ2n) is 4.48. The van der Waals surface area contributed by atoms with Gasteiger partial charge in [-0.15, -0.1) is 0 Å². The average Bonchev–Trinajstić information content (AvgIpc) is 2.39. The van der Waals surface area contributed by atoms with Crippen molar-refractivity contribution in [2.45, 2.75) is 19.4 Å². The zero-order valence-electron chi connectivity index (χ0n) is 11.0. The highest BCUT2D eigenvalue weighted by Gasteiger charge is 2.15. The Kier molecular flexibility index (Phi) is 5.04. The minimum absolute atomic E-state index is 0.204. The second-order valence-corrected chi connectivity index (χ2v) is 4.89. The molecule has 2 nitrogen and oxygen atoms in total. The molecule has 1 aromatic heterocycles. The van der Waals surface area contributed by atoms with E-state index < -0.39 is 11.6 Å². The van der Waals surface area contributed by atoms with Gasteiger partial charge >= 0.3 is 0 Å². The molecule has 0 aliphatic rings. The summed E-state index contributed by atoms with van der Waals surface area (Å²) >= 11 is 6.08. The molecule has 0 spiro atoms. The number of hydrogen-bond donors (Lipinski definition) is 1. The van der Waals surface area contributed by atoms with E-state index in [1.165, 1.54) is 12.1 Å². The summed E-state index contributed by atoms with van der Waals surface area (Å²) in [5.74, 6) is -1.16. The Morgan fingerprint density at radius 3 is 2.55 bits per heavy atom. The fraction of sp³-hybridized carbons (Fsp3) is 0.267. The monoisotopic (exact) mass is 296 g/mol. The van der Waals surface area contributed by atoms with Gasteiger partial charge < -0.3 is 5.32 Å². The lowest BCUT2D eigenvalue weighted by Crippen LogP contribution is -2.23. The number of hydrogen-bond acceptors (Lipinski definition) is 2. The summed E-state index contributed by atoms with van der Waals surface area (Å²) in [6.45, 7) is 2.63. The minimum Gasteiger partial charge on any atom is -0.310 e. The number of aromatic nitrogens is 1. The van der Waals surface area contributed by atoms with Crippen LogP contribution in [0.4, 0.5) is 8.78 Å². The topological polar surface area (TPSA) is 24.9 Å². The highest BCUT2D eigenvalue weighted by molar-refractivity contribution is 6.31. The molecule has 0 aliphatic heterocycles. The smallest absolute Gasteiger partial charge is 0.126 e. The summed E-state index contributed by atoms with van der Waals surface area (Å²) in [6.07, 6.45) is 3.75. The Balaban J connectivity index is 2.29.